The van der Waals surface area contributed by atoms with Gasteiger partial charge < -0.3 is 0 Å². The topological polar surface area (TPSA) is 12.9 Å². The highest BCUT2D eigenvalue weighted by atomic mass is 28.3. The van der Waals surface area contributed by atoms with E-state index in [0.717, 1.165) is 11.3 Å². The largest absolute Gasteiger partial charge is 0.256 e. The lowest BCUT2D eigenvalue weighted by Gasteiger charge is -2.29. The Morgan fingerprint density at radius 3 is 1.62 bits per heavy atom. The zero-order valence-electron chi connectivity index (χ0n) is 14.8. The van der Waals surface area contributed by atoms with Crippen LogP contribution in [0.3, 0.4) is 0 Å². The monoisotopic (exact) mass is 351 g/mol. The first-order valence-electron chi connectivity index (χ1n) is 8.91. The molecule has 0 N–H and O–H groups in total. The normalized spacial score (nSPS) is 11.3. The van der Waals surface area contributed by atoms with Gasteiger partial charge in [0.25, 0.3) is 0 Å². The third kappa shape index (κ3) is 3.00. The summed E-state index contributed by atoms with van der Waals surface area (Å²) in [5, 5.41) is 4.21. The number of pyridine rings is 1. The molecular weight excluding hydrogens is 330 g/mol. The Labute approximate surface area is 156 Å². The number of nitrogens with zero attached hydrogens (tertiary/aromatic N) is 1. The maximum absolute atomic E-state index is 4.63. The molecule has 0 bridgehead atoms. The van der Waals surface area contributed by atoms with E-state index in [0.29, 0.717) is 0 Å². The minimum Gasteiger partial charge on any atom is -0.256 e. The third-order valence-corrected chi connectivity index (χ3v) is 9.55. The van der Waals surface area contributed by atoms with Gasteiger partial charge in [0.15, 0.2) is 0 Å². The second-order valence-corrected chi connectivity index (χ2v) is 10.6. The van der Waals surface area contributed by atoms with Crippen molar-refractivity contribution in [3.05, 3.63) is 109 Å². The minimum atomic E-state index is -2.08. The van der Waals surface area contributed by atoms with Gasteiger partial charge in [-0.2, -0.15) is 0 Å². The summed E-state index contributed by atoms with van der Waals surface area (Å²) in [5.41, 5.74) is 2.19. The van der Waals surface area contributed by atoms with Crippen molar-refractivity contribution in [3.63, 3.8) is 0 Å². The number of aromatic nitrogens is 1. The molecule has 0 spiro atoms. The summed E-state index contributed by atoms with van der Waals surface area (Å²) in [6, 6.07) is 36.7. The summed E-state index contributed by atoms with van der Waals surface area (Å²) < 4.78 is 0. The summed E-state index contributed by atoms with van der Waals surface area (Å²) in [4.78, 5) is 4.63. The van der Waals surface area contributed by atoms with Crippen LogP contribution in [0.1, 0.15) is 0 Å². The average molecular weight is 352 g/mol. The maximum Gasteiger partial charge on any atom is 0.145 e. The van der Waals surface area contributed by atoms with Gasteiger partial charge in [0.05, 0.1) is 5.69 Å². The van der Waals surface area contributed by atoms with Crippen molar-refractivity contribution in [1.82, 2.24) is 4.98 Å². The van der Waals surface area contributed by atoms with E-state index in [9.17, 15) is 0 Å². The molecule has 0 saturated carbocycles. The van der Waals surface area contributed by atoms with Crippen LogP contribution in [0.5, 0.6) is 0 Å². The van der Waals surface area contributed by atoms with Crippen molar-refractivity contribution in [2.45, 2.75) is 6.55 Å². The molecule has 0 amide bonds. The standard InChI is InChI=1S/C24H21NSi/c1-26(21-13-7-3-8-14-21,22-15-9-4-10-16-22)23-17-18-25-24(19-23)20-11-5-2-6-12-20/h2-19H,1H3. The quantitative estimate of drug-likeness (QED) is 0.509. The van der Waals surface area contributed by atoms with Gasteiger partial charge in [0, 0.05) is 11.8 Å². The molecule has 3 aromatic carbocycles. The van der Waals surface area contributed by atoms with Crippen LogP contribution < -0.4 is 15.6 Å². The fraction of sp³-hybridized carbons (Fsp3) is 0.0417. The number of hydrogen-bond donors (Lipinski definition) is 0. The summed E-state index contributed by atoms with van der Waals surface area (Å²) in [6.45, 7) is 2.43. The first kappa shape index (κ1) is 16.5. The summed E-state index contributed by atoms with van der Waals surface area (Å²) in [6.07, 6.45) is 1.95. The van der Waals surface area contributed by atoms with E-state index in [1.165, 1.54) is 15.6 Å². The Morgan fingerprint density at radius 1 is 0.577 bits per heavy atom. The number of rotatable bonds is 4. The van der Waals surface area contributed by atoms with Gasteiger partial charge in [-0.3, -0.25) is 4.98 Å². The molecule has 0 aliphatic carbocycles. The Hall–Kier alpha value is -2.97. The molecule has 0 unspecified atom stereocenters. The molecule has 0 radical (unpaired) electrons. The lowest BCUT2D eigenvalue weighted by atomic mass is 10.1. The highest BCUT2D eigenvalue weighted by Gasteiger charge is 2.34. The highest BCUT2D eigenvalue weighted by molar-refractivity contribution is 7.10. The summed E-state index contributed by atoms with van der Waals surface area (Å²) in [7, 11) is -2.08. The van der Waals surface area contributed by atoms with Gasteiger partial charge in [0.1, 0.15) is 8.07 Å². The van der Waals surface area contributed by atoms with Crippen LogP contribution in [0.25, 0.3) is 11.3 Å². The van der Waals surface area contributed by atoms with Crippen molar-refractivity contribution in [3.8, 4) is 11.3 Å². The molecule has 0 aliphatic rings. The van der Waals surface area contributed by atoms with E-state index in [1.54, 1.807) is 0 Å². The van der Waals surface area contributed by atoms with E-state index in [1.807, 2.05) is 12.3 Å². The Kier molecular flexibility index (Phi) is 4.51. The fourth-order valence-corrected chi connectivity index (χ4v) is 7.10. The number of benzene rings is 3. The van der Waals surface area contributed by atoms with Crippen LogP contribution in [0, 0.1) is 0 Å². The van der Waals surface area contributed by atoms with Gasteiger partial charge in [-0.15, -0.1) is 0 Å². The summed E-state index contributed by atoms with van der Waals surface area (Å²) >= 11 is 0. The first-order chi connectivity index (χ1) is 12.8. The van der Waals surface area contributed by atoms with Crippen molar-refractivity contribution < 1.29 is 0 Å². The second-order valence-electron chi connectivity index (χ2n) is 6.65. The highest BCUT2D eigenvalue weighted by Crippen LogP contribution is 2.16. The Morgan fingerprint density at radius 2 is 1.08 bits per heavy atom. The predicted octanol–water partition coefficient (Wildman–Crippen LogP) is 3.85. The van der Waals surface area contributed by atoms with Crippen molar-refractivity contribution in [2.24, 2.45) is 0 Å². The molecule has 4 rings (SSSR count). The molecule has 1 nitrogen and oxygen atoms in total. The molecule has 4 aromatic rings. The van der Waals surface area contributed by atoms with E-state index in [4.69, 9.17) is 0 Å². The van der Waals surface area contributed by atoms with Crippen molar-refractivity contribution in [2.75, 3.05) is 0 Å². The minimum absolute atomic E-state index is 1.04. The molecule has 0 fully saturated rings. The van der Waals surface area contributed by atoms with Crippen molar-refractivity contribution >= 4 is 23.6 Å². The zero-order chi connectivity index (χ0) is 17.8. The lowest BCUT2D eigenvalue weighted by molar-refractivity contribution is 1.33. The summed E-state index contributed by atoms with van der Waals surface area (Å²) in [5.74, 6) is 0. The van der Waals surface area contributed by atoms with Crippen LogP contribution >= 0.6 is 0 Å². The smallest absolute Gasteiger partial charge is 0.145 e. The van der Waals surface area contributed by atoms with Crippen LogP contribution in [0.2, 0.25) is 6.55 Å². The fourth-order valence-electron chi connectivity index (χ4n) is 3.55. The van der Waals surface area contributed by atoms with Gasteiger partial charge in [-0.1, -0.05) is 97.5 Å². The first-order valence-corrected chi connectivity index (χ1v) is 11.4. The van der Waals surface area contributed by atoms with E-state index < -0.39 is 8.07 Å². The zero-order valence-corrected chi connectivity index (χ0v) is 15.8. The molecule has 0 aliphatic heterocycles. The molecule has 126 valence electrons. The molecule has 0 saturated heterocycles. The van der Waals surface area contributed by atoms with Crippen molar-refractivity contribution in [1.29, 1.82) is 0 Å². The number of hydrogen-bond acceptors (Lipinski definition) is 1. The average Bonchev–Trinajstić information content (AvgIpc) is 2.75. The molecule has 2 heteroatoms. The van der Waals surface area contributed by atoms with Crippen LogP contribution in [0.4, 0.5) is 0 Å². The van der Waals surface area contributed by atoms with Crippen LogP contribution in [-0.2, 0) is 0 Å². The molecule has 0 atom stereocenters. The van der Waals surface area contributed by atoms with Gasteiger partial charge >= 0.3 is 0 Å². The second kappa shape index (κ2) is 7.10. The third-order valence-electron chi connectivity index (χ3n) is 5.11. The van der Waals surface area contributed by atoms with E-state index in [2.05, 4.69) is 109 Å². The van der Waals surface area contributed by atoms with Gasteiger partial charge in [0.2, 0.25) is 0 Å². The van der Waals surface area contributed by atoms with Gasteiger partial charge in [-0.25, -0.2) is 0 Å². The van der Waals surface area contributed by atoms with E-state index in [-0.39, 0.29) is 0 Å². The van der Waals surface area contributed by atoms with Gasteiger partial charge in [-0.05, 0) is 27.7 Å². The maximum atomic E-state index is 4.63. The molecule has 1 heterocycles. The Bertz CT molecular complexity index is 943. The predicted molar refractivity (Wildman–Crippen MR) is 113 cm³/mol. The van der Waals surface area contributed by atoms with Crippen LogP contribution in [-0.4, -0.2) is 13.1 Å². The molecular formula is C24H21NSi. The molecule has 1 aromatic heterocycles. The SMILES string of the molecule is C[Si](c1ccccc1)(c1ccccc1)c1ccnc(-c2ccccc2)c1. The molecule has 26 heavy (non-hydrogen) atoms. The van der Waals surface area contributed by atoms with Crippen LogP contribution in [0.15, 0.2) is 109 Å². The lowest BCUT2D eigenvalue weighted by Crippen LogP contribution is -2.64. The van der Waals surface area contributed by atoms with E-state index >= 15 is 0 Å². The Balaban J connectivity index is 1.91.